The van der Waals surface area contributed by atoms with Crippen LogP contribution in [0.3, 0.4) is 0 Å². The molecule has 48 heavy (non-hydrogen) atoms. The molecule has 4 atom stereocenters. The van der Waals surface area contributed by atoms with Crippen LogP contribution >= 0.6 is 23.2 Å². The van der Waals surface area contributed by atoms with Crippen molar-refractivity contribution in [2.75, 3.05) is 57.0 Å². The molecular weight excluding hydrogens is 677 g/mol. The van der Waals surface area contributed by atoms with Gasteiger partial charge in [0.15, 0.2) is 5.75 Å². The summed E-state index contributed by atoms with van der Waals surface area (Å²) in [5.41, 5.74) is 2.46. The average Bonchev–Trinajstić information content (AvgIpc) is 3.74. The molecule has 0 radical (unpaired) electrons. The van der Waals surface area contributed by atoms with E-state index in [9.17, 15) is 13.2 Å². The third kappa shape index (κ3) is 9.13. The van der Waals surface area contributed by atoms with Crippen LogP contribution in [0.2, 0.25) is 10.0 Å². The summed E-state index contributed by atoms with van der Waals surface area (Å²) in [6.45, 7) is 8.05. The van der Waals surface area contributed by atoms with Gasteiger partial charge in [-0.25, -0.2) is 28.1 Å². The lowest BCUT2D eigenvalue weighted by atomic mass is 10.1. The fraction of sp³-hybridized carbons (Fsp3) is 0.515. The lowest BCUT2D eigenvalue weighted by molar-refractivity contribution is -0.141. The van der Waals surface area contributed by atoms with Crippen LogP contribution in [-0.2, 0) is 21.4 Å². The van der Waals surface area contributed by atoms with Crippen molar-refractivity contribution in [3.63, 3.8) is 0 Å². The molecule has 1 aromatic carbocycles. The largest absolute Gasteiger partial charge is 0.481 e. The smallest absolute Gasteiger partial charge is 0.306 e. The molecule has 2 aliphatic heterocycles. The molecule has 1 aliphatic carbocycles. The molecule has 3 aromatic rings. The number of carboxylic acid groups (broad SMARTS) is 1. The Balaban J connectivity index is 1.12. The summed E-state index contributed by atoms with van der Waals surface area (Å²) in [6.07, 6.45) is 7.02. The molecule has 2 aromatic heterocycles. The van der Waals surface area contributed by atoms with Crippen molar-refractivity contribution in [2.45, 2.75) is 38.8 Å². The van der Waals surface area contributed by atoms with Gasteiger partial charge in [-0.3, -0.25) is 14.6 Å². The molecule has 4 heterocycles. The number of aromatic nitrogens is 3. The monoisotopic (exact) mass is 717 g/mol. The second-order valence-electron chi connectivity index (χ2n) is 13.1. The zero-order chi connectivity index (χ0) is 34.0. The number of piperazine rings is 1. The molecule has 1 saturated carbocycles. The van der Waals surface area contributed by atoms with Gasteiger partial charge in [0.1, 0.15) is 0 Å². The quantitative estimate of drug-likeness (QED) is 0.271. The number of rotatable bonds is 12. The zero-order valence-electron chi connectivity index (χ0n) is 27.1. The molecule has 3 fully saturated rings. The van der Waals surface area contributed by atoms with Crippen LogP contribution in [0.25, 0.3) is 11.3 Å². The minimum Gasteiger partial charge on any atom is -0.481 e. The highest BCUT2D eigenvalue weighted by Crippen LogP contribution is 2.46. The van der Waals surface area contributed by atoms with E-state index >= 15 is 0 Å². The zero-order valence-corrected chi connectivity index (χ0v) is 29.4. The number of likely N-dealkylation sites (tertiary alicyclic amines) is 1. The van der Waals surface area contributed by atoms with Crippen molar-refractivity contribution in [3.05, 3.63) is 58.3 Å². The molecule has 0 amide bonds. The summed E-state index contributed by atoms with van der Waals surface area (Å²) in [6, 6.07) is 9.33. The van der Waals surface area contributed by atoms with E-state index in [4.69, 9.17) is 38.0 Å². The predicted molar refractivity (Wildman–Crippen MR) is 185 cm³/mol. The second-order valence-corrected chi connectivity index (χ2v) is 15.8. The fourth-order valence-electron chi connectivity index (χ4n) is 6.72. The number of nitrogens with zero attached hydrogens (tertiary/aromatic N) is 6. The van der Waals surface area contributed by atoms with E-state index in [0.29, 0.717) is 58.1 Å². The van der Waals surface area contributed by atoms with Gasteiger partial charge in [0.25, 0.3) is 0 Å². The molecular formula is C33H41Cl2N7O5S. The summed E-state index contributed by atoms with van der Waals surface area (Å²) in [5.74, 6) is 1.12. The number of carbonyl (C=O) groups is 1. The highest BCUT2D eigenvalue weighted by molar-refractivity contribution is 7.88. The first kappa shape index (κ1) is 34.8. The van der Waals surface area contributed by atoms with E-state index in [0.717, 1.165) is 69.8 Å². The first-order chi connectivity index (χ1) is 22.9. The summed E-state index contributed by atoms with van der Waals surface area (Å²) < 4.78 is 32.5. The summed E-state index contributed by atoms with van der Waals surface area (Å²) >= 11 is 12.7. The fourth-order valence-corrected chi connectivity index (χ4v) is 8.09. The number of pyridine rings is 1. The SMILES string of the molecule is CC(CCN1CCN(c2ncc(Oc3cc(CN4CC[C@@H]5C(NS(C)(=O)=O)[C@@H]5CC4)cc(-c4cc(Cl)cc(Cl)c4)n3)cn2)CC1)C(=O)O. The highest BCUT2D eigenvalue weighted by atomic mass is 35.5. The molecule has 15 heteroatoms. The number of anilines is 1. The van der Waals surface area contributed by atoms with Crippen LogP contribution in [0.5, 0.6) is 11.6 Å². The third-order valence-corrected chi connectivity index (χ3v) is 10.6. The first-order valence-corrected chi connectivity index (χ1v) is 18.9. The number of ether oxygens (including phenoxy) is 1. The van der Waals surface area contributed by atoms with Gasteiger partial charge in [-0.15, -0.1) is 0 Å². The number of benzene rings is 1. The summed E-state index contributed by atoms with van der Waals surface area (Å²) in [7, 11) is -3.21. The Morgan fingerprint density at radius 1 is 0.979 bits per heavy atom. The maximum absolute atomic E-state index is 11.7. The second kappa shape index (κ2) is 14.8. The molecule has 2 unspecified atom stereocenters. The summed E-state index contributed by atoms with van der Waals surface area (Å²) in [4.78, 5) is 31.8. The topological polar surface area (TPSA) is 141 Å². The minimum atomic E-state index is -3.21. The van der Waals surface area contributed by atoms with Crippen LogP contribution in [0.1, 0.15) is 31.7 Å². The number of halogens is 2. The van der Waals surface area contributed by atoms with Gasteiger partial charge in [-0.05, 0) is 80.6 Å². The number of fused-ring (bicyclic) bond motifs is 1. The van der Waals surface area contributed by atoms with E-state index < -0.39 is 16.0 Å². The summed E-state index contributed by atoms with van der Waals surface area (Å²) in [5, 5.41) is 10.2. The van der Waals surface area contributed by atoms with Crippen molar-refractivity contribution in [3.8, 4) is 22.9 Å². The maximum atomic E-state index is 11.7. The lowest BCUT2D eigenvalue weighted by Gasteiger charge is -2.34. The van der Waals surface area contributed by atoms with Gasteiger partial charge >= 0.3 is 5.97 Å². The number of hydrogen-bond donors (Lipinski definition) is 2. The molecule has 2 N–H and O–H groups in total. The Morgan fingerprint density at radius 2 is 1.62 bits per heavy atom. The number of hydrogen-bond acceptors (Lipinski definition) is 10. The van der Waals surface area contributed by atoms with Crippen LogP contribution in [-0.4, -0.2) is 102 Å². The third-order valence-electron chi connectivity index (χ3n) is 9.46. The van der Waals surface area contributed by atoms with Gasteiger partial charge in [0.2, 0.25) is 21.9 Å². The van der Waals surface area contributed by atoms with E-state index in [2.05, 4.69) is 29.4 Å². The van der Waals surface area contributed by atoms with Crippen molar-refractivity contribution in [2.24, 2.45) is 17.8 Å². The first-order valence-electron chi connectivity index (χ1n) is 16.3. The Morgan fingerprint density at radius 3 is 2.23 bits per heavy atom. The van der Waals surface area contributed by atoms with Gasteiger partial charge in [-0.1, -0.05) is 30.1 Å². The highest BCUT2D eigenvalue weighted by Gasteiger charge is 2.51. The lowest BCUT2D eigenvalue weighted by Crippen LogP contribution is -2.47. The maximum Gasteiger partial charge on any atom is 0.306 e. The Hall–Kier alpha value is -3.07. The number of aliphatic carboxylic acids is 1. The van der Waals surface area contributed by atoms with Crippen LogP contribution in [0.15, 0.2) is 42.7 Å². The van der Waals surface area contributed by atoms with Gasteiger partial charge in [0, 0.05) is 60.4 Å². The van der Waals surface area contributed by atoms with E-state index in [-0.39, 0.29) is 12.0 Å². The van der Waals surface area contributed by atoms with Crippen molar-refractivity contribution in [1.29, 1.82) is 0 Å². The van der Waals surface area contributed by atoms with Crippen LogP contribution < -0.4 is 14.4 Å². The van der Waals surface area contributed by atoms with Crippen molar-refractivity contribution < 1.29 is 23.1 Å². The molecule has 12 nitrogen and oxygen atoms in total. The molecule has 0 spiro atoms. The average molecular weight is 719 g/mol. The van der Waals surface area contributed by atoms with E-state index in [1.54, 1.807) is 25.4 Å². The van der Waals surface area contributed by atoms with Crippen molar-refractivity contribution >= 4 is 45.1 Å². The Bertz CT molecular complexity index is 1690. The molecule has 258 valence electrons. The van der Waals surface area contributed by atoms with E-state index in [1.165, 1.54) is 6.26 Å². The van der Waals surface area contributed by atoms with Gasteiger partial charge < -0.3 is 14.7 Å². The number of nitrogens with one attached hydrogen (secondary N) is 1. The van der Waals surface area contributed by atoms with Crippen LogP contribution in [0.4, 0.5) is 5.95 Å². The molecule has 0 bridgehead atoms. The van der Waals surface area contributed by atoms with Crippen LogP contribution in [0, 0.1) is 17.8 Å². The Kier molecular flexibility index (Phi) is 10.7. The minimum absolute atomic E-state index is 0.0554. The van der Waals surface area contributed by atoms with Gasteiger partial charge in [0.05, 0.1) is 30.3 Å². The molecule has 2 saturated heterocycles. The standard InChI is InChI=1S/C33H41Cl2N7O5S/c1-21(32(43)44)3-6-40-9-11-42(12-10-40)33-36-18-26(19-37-33)47-30-14-22(13-29(38-30)23-15-24(34)17-25(35)16-23)20-41-7-4-27-28(5-8-41)31(27)39-48(2,45)46/h13-19,21,27-28,31,39H,3-12,20H2,1-2H3,(H,43,44)/t21?,27-,28+,31?. The van der Waals surface area contributed by atoms with E-state index in [1.807, 2.05) is 24.3 Å². The Labute approximate surface area is 291 Å². The van der Waals surface area contributed by atoms with Gasteiger partial charge in [-0.2, -0.15) is 0 Å². The predicted octanol–water partition coefficient (Wildman–Crippen LogP) is 4.63. The van der Waals surface area contributed by atoms with Crippen molar-refractivity contribution in [1.82, 2.24) is 29.5 Å². The number of carboxylic acids is 1. The molecule has 3 aliphatic rings. The normalized spacial score (nSPS) is 22.5. The molecule has 6 rings (SSSR count). The number of sulfonamides is 1.